The summed E-state index contributed by atoms with van der Waals surface area (Å²) in [5.74, 6) is 0.230. The van der Waals surface area contributed by atoms with E-state index in [1.54, 1.807) is 0 Å². The van der Waals surface area contributed by atoms with Crippen LogP contribution in [0.3, 0.4) is 0 Å². The Labute approximate surface area is 103 Å². The molecule has 1 aliphatic heterocycles. The van der Waals surface area contributed by atoms with Crippen LogP contribution in [0.1, 0.15) is 6.42 Å². The second-order valence-electron chi connectivity index (χ2n) is 3.80. The lowest BCUT2D eigenvalue weighted by Crippen LogP contribution is -2.49. The summed E-state index contributed by atoms with van der Waals surface area (Å²) in [6, 6.07) is 0. The third-order valence-corrected chi connectivity index (χ3v) is 2.73. The fourth-order valence-corrected chi connectivity index (χ4v) is 1.75. The van der Waals surface area contributed by atoms with E-state index in [0.29, 0.717) is 6.42 Å². The van der Waals surface area contributed by atoms with Crippen molar-refractivity contribution >= 4 is 18.3 Å². The quantitative estimate of drug-likeness (QED) is 0.669. The van der Waals surface area contributed by atoms with E-state index < -0.39 is 0 Å². The van der Waals surface area contributed by atoms with Gasteiger partial charge in [-0.1, -0.05) is 0 Å². The van der Waals surface area contributed by atoms with Gasteiger partial charge in [-0.3, -0.25) is 9.69 Å². The molecule has 1 saturated heterocycles. The number of hydrogen-bond acceptors (Lipinski definition) is 4. The number of aliphatic hydroxyl groups is 1. The maximum absolute atomic E-state index is 11.6. The first-order valence-corrected chi connectivity index (χ1v) is 5.53. The van der Waals surface area contributed by atoms with Crippen LogP contribution in [0, 0.1) is 0 Å². The first-order valence-electron chi connectivity index (χ1n) is 5.53. The SMILES string of the molecule is CNCCC(=O)N1CCN(CCO)CC1.Cl. The summed E-state index contributed by atoms with van der Waals surface area (Å²) in [6.45, 7) is 5.02. The van der Waals surface area contributed by atoms with E-state index in [-0.39, 0.29) is 24.9 Å². The normalized spacial score (nSPS) is 17.0. The van der Waals surface area contributed by atoms with E-state index >= 15 is 0 Å². The highest BCUT2D eigenvalue weighted by Gasteiger charge is 2.19. The number of halogens is 1. The molecule has 0 radical (unpaired) electrons. The van der Waals surface area contributed by atoms with Gasteiger partial charge in [-0.15, -0.1) is 12.4 Å². The average Bonchev–Trinajstić information content (AvgIpc) is 2.27. The van der Waals surface area contributed by atoms with Gasteiger partial charge in [0.25, 0.3) is 0 Å². The molecule has 96 valence electrons. The highest BCUT2D eigenvalue weighted by molar-refractivity contribution is 5.85. The lowest BCUT2D eigenvalue weighted by Gasteiger charge is -2.34. The number of rotatable bonds is 5. The summed E-state index contributed by atoms with van der Waals surface area (Å²) < 4.78 is 0. The molecule has 1 amide bonds. The van der Waals surface area contributed by atoms with E-state index in [0.717, 1.165) is 39.3 Å². The van der Waals surface area contributed by atoms with Gasteiger partial charge in [0.15, 0.2) is 0 Å². The Kier molecular flexibility index (Phi) is 8.56. The van der Waals surface area contributed by atoms with Gasteiger partial charge in [-0.25, -0.2) is 0 Å². The van der Waals surface area contributed by atoms with E-state index in [4.69, 9.17) is 5.11 Å². The molecule has 1 rings (SSSR count). The number of β-amino-alcohol motifs (C(OH)–C–C–N with tert-alkyl or cyclic N) is 1. The van der Waals surface area contributed by atoms with Gasteiger partial charge in [0.1, 0.15) is 0 Å². The van der Waals surface area contributed by atoms with Crippen molar-refractivity contribution < 1.29 is 9.90 Å². The number of amides is 1. The number of carbonyl (C=O) groups excluding carboxylic acids is 1. The molecule has 0 aromatic heterocycles. The van der Waals surface area contributed by atoms with Crippen LogP contribution in [0.4, 0.5) is 0 Å². The molecule has 0 aromatic rings. The van der Waals surface area contributed by atoms with Crippen molar-refractivity contribution in [2.24, 2.45) is 0 Å². The van der Waals surface area contributed by atoms with Crippen molar-refractivity contribution in [2.45, 2.75) is 6.42 Å². The minimum atomic E-state index is 0. The second kappa shape index (κ2) is 8.75. The molecule has 5 nitrogen and oxygen atoms in total. The first kappa shape index (κ1) is 15.6. The number of piperazine rings is 1. The summed E-state index contributed by atoms with van der Waals surface area (Å²) in [5.41, 5.74) is 0. The lowest BCUT2D eigenvalue weighted by atomic mass is 10.2. The number of hydrogen-bond donors (Lipinski definition) is 2. The molecule has 16 heavy (non-hydrogen) atoms. The maximum Gasteiger partial charge on any atom is 0.223 e. The van der Waals surface area contributed by atoms with Gasteiger partial charge in [0.2, 0.25) is 5.91 Å². The zero-order valence-corrected chi connectivity index (χ0v) is 10.6. The third kappa shape index (κ3) is 5.12. The lowest BCUT2D eigenvalue weighted by molar-refractivity contribution is -0.132. The molecule has 0 aromatic carbocycles. The van der Waals surface area contributed by atoms with E-state index in [1.807, 2.05) is 11.9 Å². The van der Waals surface area contributed by atoms with E-state index in [2.05, 4.69) is 10.2 Å². The standard InChI is InChI=1S/C10H21N3O2.ClH/c1-11-3-2-10(15)13-6-4-12(5-7-13)8-9-14;/h11,14H,2-9H2,1H3;1H. The van der Waals surface area contributed by atoms with Crippen LogP contribution in [0.5, 0.6) is 0 Å². The first-order chi connectivity index (χ1) is 7.27. The van der Waals surface area contributed by atoms with Crippen molar-refractivity contribution in [3.63, 3.8) is 0 Å². The Morgan fingerprint density at radius 1 is 1.31 bits per heavy atom. The topological polar surface area (TPSA) is 55.8 Å². The van der Waals surface area contributed by atoms with Gasteiger partial charge < -0.3 is 15.3 Å². The molecule has 1 heterocycles. The number of carbonyl (C=O) groups is 1. The Hall–Kier alpha value is -0.360. The van der Waals surface area contributed by atoms with Gasteiger partial charge in [-0.2, -0.15) is 0 Å². The highest BCUT2D eigenvalue weighted by Crippen LogP contribution is 2.02. The number of nitrogens with one attached hydrogen (secondary N) is 1. The monoisotopic (exact) mass is 251 g/mol. The molecule has 0 unspecified atom stereocenters. The van der Waals surface area contributed by atoms with Gasteiger partial charge >= 0.3 is 0 Å². The van der Waals surface area contributed by atoms with E-state index in [1.165, 1.54) is 0 Å². The van der Waals surface area contributed by atoms with Crippen LogP contribution in [0.15, 0.2) is 0 Å². The van der Waals surface area contributed by atoms with Crippen molar-refractivity contribution in [3.8, 4) is 0 Å². The average molecular weight is 252 g/mol. The smallest absolute Gasteiger partial charge is 0.223 e. The van der Waals surface area contributed by atoms with Crippen LogP contribution in [-0.2, 0) is 4.79 Å². The molecule has 2 N–H and O–H groups in total. The van der Waals surface area contributed by atoms with Gasteiger partial charge in [0, 0.05) is 45.7 Å². The molecule has 0 bridgehead atoms. The van der Waals surface area contributed by atoms with E-state index in [9.17, 15) is 4.79 Å². The maximum atomic E-state index is 11.6. The summed E-state index contributed by atoms with van der Waals surface area (Å²) >= 11 is 0. The van der Waals surface area contributed by atoms with Crippen LogP contribution < -0.4 is 5.32 Å². The Morgan fingerprint density at radius 3 is 2.44 bits per heavy atom. The Balaban J connectivity index is 0.00000225. The molecule has 0 spiro atoms. The predicted molar refractivity (Wildman–Crippen MR) is 65.9 cm³/mol. The molecule has 0 atom stereocenters. The largest absolute Gasteiger partial charge is 0.395 e. The zero-order chi connectivity index (χ0) is 11.1. The summed E-state index contributed by atoms with van der Waals surface area (Å²) in [6.07, 6.45) is 0.580. The third-order valence-electron chi connectivity index (χ3n) is 2.73. The van der Waals surface area contributed by atoms with Crippen LogP contribution in [-0.4, -0.2) is 73.7 Å². The summed E-state index contributed by atoms with van der Waals surface area (Å²) in [7, 11) is 1.85. The van der Waals surface area contributed by atoms with Crippen LogP contribution >= 0.6 is 12.4 Å². The Morgan fingerprint density at radius 2 is 1.94 bits per heavy atom. The van der Waals surface area contributed by atoms with Crippen molar-refractivity contribution in [1.29, 1.82) is 0 Å². The second-order valence-corrected chi connectivity index (χ2v) is 3.80. The van der Waals surface area contributed by atoms with Crippen molar-refractivity contribution in [1.82, 2.24) is 15.1 Å². The minimum Gasteiger partial charge on any atom is -0.395 e. The van der Waals surface area contributed by atoms with Crippen molar-refractivity contribution in [2.75, 3.05) is 52.9 Å². The minimum absolute atomic E-state index is 0. The Bertz CT molecular complexity index is 197. The summed E-state index contributed by atoms with van der Waals surface area (Å²) in [5, 5.41) is 11.8. The van der Waals surface area contributed by atoms with Gasteiger partial charge in [-0.05, 0) is 7.05 Å². The fourth-order valence-electron chi connectivity index (χ4n) is 1.75. The summed E-state index contributed by atoms with van der Waals surface area (Å²) in [4.78, 5) is 15.7. The number of nitrogens with zero attached hydrogens (tertiary/aromatic N) is 2. The molecule has 0 saturated carbocycles. The van der Waals surface area contributed by atoms with Crippen LogP contribution in [0.25, 0.3) is 0 Å². The molecule has 6 heteroatoms. The highest BCUT2D eigenvalue weighted by atomic mass is 35.5. The van der Waals surface area contributed by atoms with Gasteiger partial charge in [0.05, 0.1) is 6.61 Å². The fraction of sp³-hybridized carbons (Fsp3) is 0.900. The molecule has 0 aliphatic carbocycles. The zero-order valence-electron chi connectivity index (χ0n) is 9.81. The molecular formula is C10H22ClN3O2. The van der Waals surface area contributed by atoms with Crippen LogP contribution in [0.2, 0.25) is 0 Å². The number of aliphatic hydroxyl groups excluding tert-OH is 1. The molecule has 1 aliphatic rings. The molecular weight excluding hydrogens is 230 g/mol. The van der Waals surface area contributed by atoms with Crippen molar-refractivity contribution in [3.05, 3.63) is 0 Å². The predicted octanol–water partition coefficient (Wildman–Crippen LogP) is -0.846. The molecule has 1 fully saturated rings.